The average molecular weight is 604 g/mol. The van der Waals surface area contributed by atoms with Gasteiger partial charge in [0.15, 0.2) is 17.4 Å². The summed E-state index contributed by atoms with van der Waals surface area (Å²) in [5.41, 5.74) is 5.29. The van der Waals surface area contributed by atoms with Gasteiger partial charge in [0.05, 0.1) is 28.2 Å². The lowest BCUT2D eigenvalue weighted by atomic mass is 9.95. The fraction of sp³-hybridized carbons (Fsp3) is 0.469. The van der Waals surface area contributed by atoms with E-state index >= 15 is 8.78 Å². The summed E-state index contributed by atoms with van der Waals surface area (Å²) >= 11 is 0. The lowest BCUT2D eigenvalue weighted by molar-refractivity contribution is 0.107. The van der Waals surface area contributed by atoms with E-state index in [-0.39, 0.29) is 71.1 Å². The molecule has 0 aliphatic carbocycles. The van der Waals surface area contributed by atoms with Crippen LogP contribution in [0.2, 0.25) is 0 Å². The van der Waals surface area contributed by atoms with Crippen molar-refractivity contribution in [3.63, 3.8) is 0 Å². The maximum absolute atomic E-state index is 16.9. The summed E-state index contributed by atoms with van der Waals surface area (Å²) in [4.78, 5) is 18.0. The molecule has 4 saturated heterocycles. The Kier molecular flexibility index (Phi) is 5.75. The van der Waals surface area contributed by atoms with Gasteiger partial charge in [0.1, 0.15) is 36.5 Å². The molecule has 2 bridgehead atoms. The first-order chi connectivity index (χ1) is 21.4. The highest BCUT2D eigenvalue weighted by Crippen LogP contribution is 2.47. The van der Waals surface area contributed by atoms with Crippen molar-refractivity contribution < 1.29 is 22.6 Å². The molecular formula is C32H32F3N7O2. The van der Waals surface area contributed by atoms with Crippen LogP contribution in [0.3, 0.4) is 0 Å². The standard InChI is InChI=1S/C32H32F3N7O2/c33-17-11-32(8-3-9-41(32)12-17)15-44-31-39-28-24-29(43-14-21-20-7-6-18(37-20)13-42(21)30(24)40-31)26(35)23(25(28)34)27-19-5-2-1-4-16(19)10-22(36)38-27/h1-2,4-5,10,17-18,20-21,37H,3,6-9,11-15H2,(H2,36,38)/t17-,18?,20?,21?,32+/m1/s1. The maximum atomic E-state index is 16.9. The zero-order chi connectivity index (χ0) is 29.7. The number of ether oxygens (including phenoxy) is 2. The van der Waals surface area contributed by atoms with Crippen LogP contribution in [0.25, 0.3) is 32.9 Å². The SMILES string of the molecule is Nc1cc2ccccc2c(-c2c(F)c3c4c(nc(OC[C@@]56CCCN5C[C@H](F)C6)nc4c2F)N2CC4CCC(N4)C2CO3)n1. The van der Waals surface area contributed by atoms with Crippen molar-refractivity contribution in [3.8, 4) is 23.0 Å². The number of benzene rings is 2. The lowest BCUT2D eigenvalue weighted by Gasteiger charge is -2.40. The summed E-state index contributed by atoms with van der Waals surface area (Å²) in [7, 11) is 0. The van der Waals surface area contributed by atoms with Gasteiger partial charge in [0.2, 0.25) is 0 Å². The van der Waals surface area contributed by atoms with Crippen molar-refractivity contribution in [2.75, 3.05) is 43.5 Å². The number of piperazine rings is 1. The monoisotopic (exact) mass is 603 g/mol. The van der Waals surface area contributed by atoms with Crippen molar-refractivity contribution in [1.29, 1.82) is 0 Å². The number of nitrogens with two attached hydrogens (primary N) is 1. The van der Waals surface area contributed by atoms with Gasteiger partial charge in [-0.3, -0.25) is 4.90 Å². The summed E-state index contributed by atoms with van der Waals surface area (Å²) in [6.07, 6.45) is 3.19. The van der Waals surface area contributed by atoms with Gasteiger partial charge in [-0.2, -0.15) is 9.97 Å². The number of hydrogen-bond acceptors (Lipinski definition) is 9. The minimum absolute atomic E-state index is 0.0182. The van der Waals surface area contributed by atoms with E-state index in [0.717, 1.165) is 32.2 Å². The highest BCUT2D eigenvalue weighted by atomic mass is 19.1. The summed E-state index contributed by atoms with van der Waals surface area (Å²) in [5.74, 6) is -1.32. The minimum Gasteiger partial charge on any atom is -0.487 e. The number of rotatable bonds is 4. The number of fused-ring (bicyclic) bond motifs is 7. The Labute approximate surface area is 251 Å². The van der Waals surface area contributed by atoms with Crippen LogP contribution in [-0.2, 0) is 0 Å². The number of halogens is 3. The zero-order valence-electron chi connectivity index (χ0n) is 24.0. The third kappa shape index (κ3) is 3.82. The van der Waals surface area contributed by atoms with Gasteiger partial charge in [-0.05, 0) is 43.7 Å². The van der Waals surface area contributed by atoms with E-state index < -0.39 is 23.3 Å². The first kappa shape index (κ1) is 26.5. The molecule has 2 aromatic heterocycles. The summed E-state index contributed by atoms with van der Waals surface area (Å²) in [5, 5.41) is 5.07. The lowest BCUT2D eigenvalue weighted by Crippen LogP contribution is -2.60. The van der Waals surface area contributed by atoms with Crippen molar-refractivity contribution >= 4 is 33.3 Å². The Morgan fingerprint density at radius 3 is 2.91 bits per heavy atom. The number of nitrogens with one attached hydrogen (secondary N) is 1. The van der Waals surface area contributed by atoms with Crippen LogP contribution in [0.1, 0.15) is 32.1 Å². The third-order valence-electron chi connectivity index (χ3n) is 10.4. The molecule has 4 fully saturated rings. The smallest absolute Gasteiger partial charge is 0.319 e. The Morgan fingerprint density at radius 2 is 2.00 bits per heavy atom. The van der Waals surface area contributed by atoms with Gasteiger partial charge in [-0.25, -0.2) is 18.2 Å². The highest BCUT2D eigenvalue weighted by molar-refractivity contribution is 6.03. The molecule has 5 aliphatic rings. The quantitative estimate of drug-likeness (QED) is 0.352. The molecule has 9 nitrogen and oxygen atoms in total. The largest absolute Gasteiger partial charge is 0.487 e. The second kappa shape index (κ2) is 9.55. The van der Waals surface area contributed by atoms with E-state index in [4.69, 9.17) is 20.2 Å². The van der Waals surface area contributed by atoms with E-state index in [2.05, 4.69) is 25.1 Å². The molecule has 3 N–H and O–H groups in total. The molecule has 12 heteroatoms. The van der Waals surface area contributed by atoms with E-state index in [1.54, 1.807) is 18.2 Å². The number of nitrogen functional groups attached to an aromatic ring is 1. The van der Waals surface area contributed by atoms with Crippen LogP contribution in [0.4, 0.5) is 24.8 Å². The Morgan fingerprint density at radius 1 is 1.11 bits per heavy atom. The van der Waals surface area contributed by atoms with Crippen LogP contribution in [0, 0.1) is 11.6 Å². The molecule has 44 heavy (non-hydrogen) atoms. The van der Waals surface area contributed by atoms with E-state index in [0.29, 0.717) is 36.1 Å². The Bertz CT molecular complexity index is 1840. The minimum atomic E-state index is -0.915. The number of alkyl halides is 1. The predicted molar refractivity (Wildman–Crippen MR) is 160 cm³/mol. The van der Waals surface area contributed by atoms with Gasteiger partial charge in [0, 0.05) is 37.0 Å². The van der Waals surface area contributed by atoms with E-state index in [1.807, 2.05) is 12.1 Å². The highest BCUT2D eigenvalue weighted by Gasteiger charge is 2.50. The summed E-state index contributed by atoms with van der Waals surface area (Å²) in [6, 6.07) is 9.06. The molecule has 4 aromatic rings. The fourth-order valence-corrected chi connectivity index (χ4v) is 8.41. The number of hydrogen-bond donors (Lipinski definition) is 2. The van der Waals surface area contributed by atoms with Gasteiger partial charge in [-0.15, -0.1) is 0 Å². The number of aromatic nitrogens is 3. The van der Waals surface area contributed by atoms with Crippen LogP contribution < -0.4 is 25.4 Å². The normalized spacial score (nSPS) is 29.1. The molecule has 2 aromatic carbocycles. The van der Waals surface area contributed by atoms with Gasteiger partial charge in [-0.1, -0.05) is 24.3 Å². The fourth-order valence-electron chi connectivity index (χ4n) is 8.41. The topological polar surface area (TPSA) is 102 Å². The second-order valence-corrected chi connectivity index (χ2v) is 12.9. The third-order valence-corrected chi connectivity index (χ3v) is 10.4. The first-order valence-electron chi connectivity index (χ1n) is 15.4. The molecule has 0 amide bonds. The van der Waals surface area contributed by atoms with Gasteiger partial charge < -0.3 is 25.4 Å². The molecule has 228 valence electrons. The molecule has 0 radical (unpaired) electrons. The van der Waals surface area contributed by atoms with Crippen molar-refractivity contribution in [2.24, 2.45) is 0 Å². The second-order valence-electron chi connectivity index (χ2n) is 12.9. The number of pyridine rings is 1. The summed E-state index contributed by atoms with van der Waals surface area (Å²) < 4.78 is 60.6. The summed E-state index contributed by atoms with van der Waals surface area (Å²) in [6.45, 7) is 2.20. The molecule has 7 heterocycles. The van der Waals surface area contributed by atoms with Crippen molar-refractivity contribution in [1.82, 2.24) is 25.2 Å². The molecule has 0 spiro atoms. The predicted octanol–water partition coefficient (Wildman–Crippen LogP) is 4.36. The molecular weight excluding hydrogens is 571 g/mol. The Balaban J connectivity index is 1.25. The molecule has 0 saturated carbocycles. The van der Waals surface area contributed by atoms with Crippen LogP contribution in [0.5, 0.6) is 11.8 Å². The van der Waals surface area contributed by atoms with Crippen LogP contribution in [0.15, 0.2) is 30.3 Å². The number of nitrogens with zero attached hydrogens (tertiary/aromatic N) is 5. The first-order valence-corrected chi connectivity index (χ1v) is 15.4. The molecule has 9 rings (SSSR count). The van der Waals surface area contributed by atoms with E-state index in [1.165, 1.54) is 0 Å². The van der Waals surface area contributed by atoms with Crippen molar-refractivity contribution in [3.05, 3.63) is 42.0 Å². The molecule has 3 unspecified atom stereocenters. The van der Waals surface area contributed by atoms with Gasteiger partial charge >= 0.3 is 6.01 Å². The molecule has 5 aliphatic heterocycles. The zero-order valence-corrected chi connectivity index (χ0v) is 24.0. The van der Waals surface area contributed by atoms with Crippen LogP contribution >= 0.6 is 0 Å². The Hall–Kier alpha value is -3.90. The maximum Gasteiger partial charge on any atom is 0.319 e. The van der Waals surface area contributed by atoms with E-state index in [9.17, 15) is 4.39 Å². The van der Waals surface area contributed by atoms with Gasteiger partial charge in [0.25, 0.3) is 0 Å². The molecule has 5 atom stereocenters. The van der Waals surface area contributed by atoms with Crippen LogP contribution in [-0.4, -0.2) is 82.5 Å². The number of anilines is 2. The average Bonchev–Trinajstić information content (AvgIpc) is 3.64. The van der Waals surface area contributed by atoms with Crippen molar-refractivity contribution in [2.45, 2.75) is 61.9 Å².